The minimum absolute atomic E-state index is 0.926. The van der Waals surface area contributed by atoms with Crippen LogP contribution in [0.3, 0.4) is 0 Å². The van der Waals surface area contributed by atoms with Gasteiger partial charge in [0.1, 0.15) is 11.2 Å². The summed E-state index contributed by atoms with van der Waals surface area (Å²) in [4.78, 5) is 0. The molecule has 1 nitrogen and oxygen atoms in total. The zero-order valence-electron chi connectivity index (χ0n) is 22.3. The molecule has 0 N–H and O–H groups in total. The molecule has 0 aliphatic heterocycles. The van der Waals surface area contributed by atoms with E-state index in [1.165, 1.54) is 65.3 Å². The van der Waals surface area contributed by atoms with E-state index in [9.17, 15) is 0 Å². The molecule has 190 valence electrons. The Morgan fingerprint density at radius 2 is 0.927 bits per heavy atom. The average molecular weight is 521 g/mol. The summed E-state index contributed by atoms with van der Waals surface area (Å²) in [5.41, 5.74) is 6.93. The van der Waals surface area contributed by atoms with Gasteiger partial charge in [-0.1, -0.05) is 133 Å². The van der Waals surface area contributed by atoms with Crippen LogP contribution >= 0.6 is 0 Å². The number of hydrogen-bond donors (Lipinski definition) is 0. The Labute approximate surface area is 236 Å². The first-order valence-electron chi connectivity index (χ1n) is 14.1. The number of benzene rings is 8. The Morgan fingerprint density at radius 1 is 0.341 bits per heavy atom. The lowest BCUT2D eigenvalue weighted by Crippen LogP contribution is -1.91. The van der Waals surface area contributed by atoms with Crippen molar-refractivity contribution in [1.82, 2.24) is 0 Å². The van der Waals surface area contributed by atoms with Gasteiger partial charge in [-0.2, -0.15) is 0 Å². The van der Waals surface area contributed by atoms with E-state index in [2.05, 4.69) is 146 Å². The smallest absolute Gasteiger partial charge is 0.143 e. The fourth-order valence-corrected chi connectivity index (χ4v) is 6.91. The zero-order chi connectivity index (χ0) is 26.9. The molecular formula is C40H24O. The van der Waals surface area contributed by atoms with Crippen molar-refractivity contribution >= 4 is 65.0 Å². The van der Waals surface area contributed by atoms with Crippen LogP contribution in [0.5, 0.6) is 0 Å². The lowest BCUT2D eigenvalue weighted by Gasteiger charge is -2.18. The van der Waals surface area contributed by atoms with Crippen LogP contribution < -0.4 is 0 Å². The first kappa shape index (κ1) is 22.4. The van der Waals surface area contributed by atoms with E-state index >= 15 is 0 Å². The lowest BCUT2D eigenvalue weighted by molar-refractivity contribution is 0.673. The maximum atomic E-state index is 6.52. The molecule has 41 heavy (non-hydrogen) atoms. The Bertz CT molecular complexity index is 2410. The first-order chi connectivity index (χ1) is 20.4. The van der Waals surface area contributed by atoms with E-state index in [0.717, 1.165) is 21.9 Å². The lowest BCUT2D eigenvalue weighted by atomic mass is 9.84. The van der Waals surface area contributed by atoms with Crippen molar-refractivity contribution in [1.29, 1.82) is 0 Å². The fourth-order valence-electron chi connectivity index (χ4n) is 6.91. The molecule has 0 radical (unpaired) electrons. The maximum Gasteiger partial charge on any atom is 0.143 e. The van der Waals surface area contributed by atoms with Gasteiger partial charge in [0.05, 0.1) is 0 Å². The van der Waals surface area contributed by atoms with Crippen LogP contribution in [0.4, 0.5) is 0 Å². The molecular weight excluding hydrogens is 496 g/mol. The predicted octanol–water partition coefficient (Wildman–Crippen LogP) is 11.5. The molecule has 0 amide bonds. The second-order valence-corrected chi connectivity index (χ2v) is 10.8. The zero-order valence-corrected chi connectivity index (χ0v) is 22.3. The minimum Gasteiger partial charge on any atom is -0.455 e. The van der Waals surface area contributed by atoms with Gasteiger partial charge in [0.2, 0.25) is 0 Å². The summed E-state index contributed by atoms with van der Waals surface area (Å²) in [5.74, 6) is 0. The van der Waals surface area contributed by atoms with Crippen LogP contribution in [0.25, 0.3) is 87.3 Å². The third-order valence-corrected chi connectivity index (χ3v) is 8.65. The van der Waals surface area contributed by atoms with E-state index in [1.807, 2.05) is 0 Å². The van der Waals surface area contributed by atoms with Gasteiger partial charge in [-0.25, -0.2) is 0 Å². The third kappa shape index (κ3) is 3.18. The number of hydrogen-bond acceptors (Lipinski definition) is 1. The van der Waals surface area contributed by atoms with Crippen LogP contribution in [-0.2, 0) is 0 Å². The normalized spacial score (nSPS) is 11.9. The molecule has 8 aromatic carbocycles. The molecule has 0 saturated heterocycles. The van der Waals surface area contributed by atoms with Gasteiger partial charge in [-0.15, -0.1) is 0 Å². The highest BCUT2D eigenvalue weighted by molar-refractivity contribution is 6.28. The SMILES string of the molecule is c1ccc(-c2c3ccccc3c(-c3cccc4c3ccc3oc5c6ccccc6ccc5c34)c3ccccc23)cc1. The summed E-state index contributed by atoms with van der Waals surface area (Å²) in [6.07, 6.45) is 0. The molecule has 1 aromatic heterocycles. The standard InChI is InChI=1S/C40H24O/c1-2-12-26(13-3-1)37-31-15-6-8-17-33(31)38(34-18-9-7-16-32(34)37)29-19-10-20-30-28(29)23-24-36-39(30)35-22-21-25-11-4-5-14-27(25)40(35)41-36/h1-24H. The van der Waals surface area contributed by atoms with Gasteiger partial charge in [0.15, 0.2) is 0 Å². The minimum atomic E-state index is 0.926. The predicted molar refractivity (Wildman–Crippen MR) is 175 cm³/mol. The van der Waals surface area contributed by atoms with Gasteiger partial charge < -0.3 is 4.42 Å². The molecule has 0 aliphatic carbocycles. The quantitative estimate of drug-likeness (QED) is 0.207. The van der Waals surface area contributed by atoms with E-state index in [4.69, 9.17) is 4.42 Å². The molecule has 0 saturated carbocycles. The molecule has 0 spiro atoms. The van der Waals surface area contributed by atoms with Crippen LogP contribution in [0.1, 0.15) is 0 Å². The van der Waals surface area contributed by atoms with Gasteiger partial charge in [0.25, 0.3) is 0 Å². The highest BCUT2D eigenvalue weighted by Crippen LogP contribution is 2.46. The molecule has 0 bridgehead atoms. The number of rotatable bonds is 2. The van der Waals surface area contributed by atoms with Crippen molar-refractivity contribution in [3.8, 4) is 22.3 Å². The van der Waals surface area contributed by atoms with Crippen molar-refractivity contribution < 1.29 is 4.42 Å². The Hall–Kier alpha value is -5.40. The van der Waals surface area contributed by atoms with Gasteiger partial charge >= 0.3 is 0 Å². The molecule has 0 aliphatic rings. The Balaban J connectivity index is 1.43. The summed E-state index contributed by atoms with van der Waals surface area (Å²) in [7, 11) is 0. The maximum absolute atomic E-state index is 6.52. The van der Waals surface area contributed by atoms with Crippen molar-refractivity contribution in [2.24, 2.45) is 0 Å². The highest BCUT2D eigenvalue weighted by atomic mass is 16.3. The monoisotopic (exact) mass is 520 g/mol. The number of fused-ring (bicyclic) bond motifs is 9. The van der Waals surface area contributed by atoms with Crippen LogP contribution in [0, 0.1) is 0 Å². The molecule has 0 atom stereocenters. The molecule has 1 heterocycles. The topological polar surface area (TPSA) is 13.1 Å². The van der Waals surface area contributed by atoms with Gasteiger partial charge in [-0.05, 0) is 72.1 Å². The van der Waals surface area contributed by atoms with Crippen LogP contribution in [0.15, 0.2) is 150 Å². The largest absolute Gasteiger partial charge is 0.455 e. The molecule has 0 unspecified atom stereocenters. The second-order valence-electron chi connectivity index (χ2n) is 10.8. The summed E-state index contributed by atoms with van der Waals surface area (Å²) in [6.45, 7) is 0. The highest BCUT2D eigenvalue weighted by Gasteiger charge is 2.19. The van der Waals surface area contributed by atoms with E-state index in [1.54, 1.807) is 0 Å². The Kier molecular flexibility index (Phi) is 4.67. The Morgan fingerprint density at radius 3 is 1.66 bits per heavy atom. The molecule has 1 heteroatoms. The van der Waals surface area contributed by atoms with Crippen molar-refractivity contribution in [2.75, 3.05) is 0 Å². The van der Waals surface area contributed by atoms with E-state index in [-0.39, 0.29) is 0 Å². The average Bonchev–Trinajstić information content (AvgIpc) is 3.44. The van der Waals surface area contributed by atoms with Crippen molar-refractivity contribution in [2.45, 2.75) is 0 Å². The van der Waals surface area contributed by atoms with Crippen LogP contribution in [0.2, 0.25) is 0 Å². The van der Waals surface area contributed by atoms with Gasteiger partial charge in [-0.3, -0.25) is 0 Å². The van der Waals surface area contributed by atoms with E-state index in [0.29, 0.717) is 0 Å². The molecule has 9 rings (SSSR count). The van der Waals surface area contributed by atoms with Crippen molar-refractivity contribution in [3.05, 3.63) is 146 Å². The van der Waals surface area contributed by atoms with Crippen LogP contribution in [-0.4, -0.2) is 0 Å². The second kappa shape index (κ2) is 8.55. The summed E-state index contributed by atoms with van der Waals surface area (Å²) >= 11 is 0. The third-order valence-electron chi connectivity index (χ3n) is 8.65. The summed E-state index contributed by atoms with van der Waals surface area (Å²) in [5, 5.41) is 12.2. The molecule has 9 aromatic rings. The van der Waals surface area contributed by atoms with Gasteiger partial charge in [0, 0.05) is 16.2 Å². The fraction of sp³-hybridized carbons (Fsp3) is 0. The van der Waals surface area contributed by atoms with Crippen molar-refractivity contribution in [3.63, 3.8) is 0 Å². The molecule has 0 fully saturated rings. The summed E-state index contributed by atoms with van der Waals surface area (Å²) in [6, 6.07) is 52.5. The number of furan rings is 1. The summed E-state index contributed by atoms with van der Waals surface area (Å²) < 4.78 is 6.52. The first-order valence-corrected chi connectivity index (χ1v) is 14.1. The van der Waals surface area contributed by atoms with E-state index < -0.39 is 0 Å².